The molecule has 0 saturated carbocycles. The lowest BCUT2D eigenvalue weighted by Crippen LogP contribution is -2.59. The topological polar surface area (TPSA) is 24.9 Å². The molecule has 2 heterocycles. The number of anilines is 2. The summed E-state index contributed by atoms with van der Waals surface area (Å²) in [5, 5.41) is 0. The Morgan fingerprint density at radius 3 is 1.88 bits per heavy atom. The Morgan fingerprint density at radius 1 is 0.683 bits per heavy atom. The van der Waals surface area contributed by atoms with Gasteiger partial charge in [0.2, 0.25) is 0 Å². The van der Waals surface area contributed by atoms with Gasteiger partial charge in [0.25, 0.3) is 0 Å². The summed E-state index contributed by atoms with van der Waals surface area (Å²) in [4.78, 5) is 3.54. The average Bonchev–Trinajstić information content (AvgIpc) is 2.96. The van der Waals surface area contributed by atoms with Crippen molar-refractivity contribution >= 4 is 11.4 Å². The largest absolute Gasteiger partial charge is 0.473 e. The molecular formula is C31H26F6N2O2. The van der Waals surface area contributed by atoms with E-state index >= 15 is 26.3 Å². The van der Waals surface area contributed by atoms with E-state index in [0.717, 1.165) is 29.6 Å². The maximum Gasteiger partial charge on any atom is 0.407 e. The van der Waals surface area contributed by atoms with Gasteiger partial charge in [-0.05, 0) is 60.0 Å². The quantitative estimate of drug-likeness (QED) is 0.299. The number of hydrogen-bond donors (Lipinski definition) is 0. The maximum absolute atomic E-state index is 15.0. The normalized spacial score (nSPS) is 19.3. The van der Waals surface area contributed by atoms with Crippen LogP contribution in [0.4, 0.5) is 37.7 Å². The van der Waals surface area contributed by atoms with E-state index in [1.54, 1.807) is 46.2 Å². The highest BCUT2D eigenvalue weighted by Gasteiger charge is 2.74. The number of benzene rings is 3. The maximum atomic E-state index is 15.0. The van der Waals surface area contributed by atoms with Crippen LogP contribution in [0, 0.1) is 5.92 Å². The van der Waals surface area contributed by atoms with Crippen molar-refractivity contribution in [3.8, 4) is 5.75 Å². The van der Waals surface area contributed by atoms with Gasteiger partial charge >= 0.3 is 12.4 Å². The van der Waals surface area contributed by atoms with Crippen molar-refractivity contribution < 1.29 is 35.8 Å². The molecule has 3 aromatic carbocycles. The standard InChI is InChI=1S/C31H26F6N2O2/c32-30(33,34)29(31(35,36)37,23-11-13-27-21(15-23)17-38(19-40-27)25-7-3-1-4-8-25)24-12-14-28-22(16-24)18-39(20-41-28)26-9-5-2-6-10-26/h1-15,24H,16-20H2. The van der Waals surface area contributed by atoms with E-state index in [1.165, 1.54) is 12.1 Å². The Hall–Kier alpha value is -4.08. The second kappa shape index (κ2) is 10.1. The number of nitrogens with zero attached hydrogens (tertiary/aromatic N) is 2. The number of rotatable bonds is 4. The Kier molecular flexibility index (Phi) is 6.66. The van der Waals surface area contributed by atoms with E-state index in [9.17, 15) is 0 Å². The molecule has 0 bridgehead atoms. The molecule has 1 atom stereocenters. The zero-order valence-corrected chi connectivity index (χ0v) is 21.8. The Morgan fingerprint density at radius 2 is 1.27 bits per heavy atom. The first-order valence-electron chi connectivity index (χ1n) is 13.1. The van der Waals surface area contributed by atoms with Crippen LogP contribution in [0.5, 0.6) is 5.75 Å². The van der Waals surface area contributed by atoms with Crippen LogP contribution in [-0.4, -0.2) is 32.4 Å². The summed E-state index contributed by atoms with van der Waals surface area (Å²) in [7, 11) is 0. The van der Waals surface area contributed by atoms with E-state index in [1.807, 2.05) is 24.3 Å². The van der Waals surface area contributed by atoms with Gasteiger partial charge in [-0.3, -0.25) is 0 Å². The molecule has 0 N–H and O–H groups in total. The minimum absolute atomic E-state index is 0.106. The SMILES string of the molecule is FC(F)(F)C(c1ccc2c(c1)CN(c1ccccc1)CO2)(C1C=CC2=C(C1)CN(c1ccccc1)CO2)C(F)(F)F. The summed E-state index contributed by atoms with van der Waals surface area (Å²) >= 11 is 0. The molecule has 2 aliphatic heterocycles. The summed E-state index contributed by atoms with van der Waals surface area (Å²) in [6.45, 7) is 0.537. The monoisotopic (exact) mass is 572 g/mol. The first-order chi connectivity index (χ1) is 19.6. The number of halogens is 6. The summed E-state index contributed by atoms with van der Waals surface area (Å²) in [6, 6.07) is 21.2. The molecule has 1 unspecified atom stereocenters. The molecule has 0 saturated heterocycles. The third-order valence-electron chi connectivity index (χ3n) is 8.00. The highest BCUT2D eigenvalue weighted by Crippen LogP contribution is 2.59. The molecule has 0 aromatic heterocycles. The summed E-state index contributed by atoms with van der Waals surface area (Å²) in [5.41, 5.74) is -2.84. The predicted molar refractivity (Wildman–Crippen MR) is 142 cm³/mol. The third-order valence-corrected chi connectivity index (χ3v) is 8.00. The van der Waals surface area contributed by atoms with Crippen LogP contribution in [0.2, 0.25) is 0 Å². The Bertz CT molecular complexity index is 1450. The van der Waals surface area contributed by atoms with Crippen LogP contribution in [0.25, 0.3) is 0 Å². The minimum atomic E-state index is -5.64. The van der Waals surface area contributed by atoms with Crippen molar-refractivity contribution in [3.05, 3.63) is 113 Å². The molecule has 6 rings (SSSR count). The molecule has 0 amide bonds. The lowest BCUT2D eigenvalue weighted by Gasteiger charge is -2.45. The highest BCUT2D eigenvalue weighted by atomic mass is 19.4. The molecule has 214 valence electrons. The minimum Gasteiger partial charge on any atom is -0.473 e. The molecule has 0 fully saturated rings. The fourth-order valence-corrected chi connectivity index (χ4v) is 5.99. The average molecular weight is 573 g/mol. The molecular weight excluding hydrogens is 546 g/mol. The van der Waals surface area contributed by atoms with Gasteiger partial charge in [-0.1, -0.05) is 48.5 Å². The van der Waals surface area contributed by atoms with Crippen molar-refractivity contribution in [2.24, 2.45) is 5.92 Å². The fraction of sp³-hybridized carbons (Fsp3) is 0.290. The van der Waals surface area contributed by atoms with E-state index in [0.29, 0.717) is 11.3 Å². The fourth-order valence-electron chi connectivity index (χ4n) is 5.99. The van der Waals surface area contributed by atoms with Crippen LogP contribution in [-0.2, 0) is 16.7 Å². The van der Waals surface area contributed by atoms with Crippen molar-refractivity contribution in [2.45, 2.75) is 30.7 Å². The van der Waals surface area contributed by atoms with Gasteiger partial charge in [0.1, 0.15) is 11.5 Å². The molecule has 0 spiro atoms. The second-order valence-corrected chi connectivity index (χ2v) is 10.4. The lowest BCUT2D eigenvalue weighted by atomic mass is 9.65. The van der Waals surface area contributed by atoms with Crippen molar-refractivity contribution in [3.63, 3.8) is 0 Å². The molecule has 4 nitrogen and oxygen atoms in total. The zero-order chi connectivity index (χ0) is 28.8. The smallest absolute Gasteiger partial charge is 0.407 e. The number of ether oxygens (including phenoxy) is 2. The Balaban J connectivity index is 1.38. The van der Waals surface area contributed by atoms with Gasteiger partial charge in [0.15, 0.2) is 18.9 Å². The highest BCUT2D eigenvalue weighted by molar-refractivity contribution is 5.53. The number of para-hydroxylation sites is 2. The van der Waals surface area contributed by atoms with Gasteiger partial charge in [0, 0.05) is 35.9 Å². The second-order valence-electron chi connectivity index (χ2n) is 10.4. The Labute approximate surface area is 233 Å². The van der Waals surface area contributed by atoms with E-state index in [2.05, 4.69) is 0 Å². The van der Waals surface area contributed by atoms with E-state index in [-0.39, 0.29) is 37.9 Å². The number of alkyl halides is 6. The number of fused-ring (bicyclic) bond motifs is 1. The van der Waals surface area contributed by atoms with Crippen LogP contribution in [0.3, 0.4) is 0 Å². The molecule has 10 heteroatoms. The first kappa shape index (κ1) is 27.1. The van der Waals surface area contributed by atoms with Gasteiger partial charge in [0.05, 0.1) is 0 Å². The van der Waals surface area contributed by atoms with Crippen molar-refractivity contribution in [1.29, 1.82) is 0 Å². The molecule has 1 aliphatic carbocycles. The molecule has 41 heavy (non-hydrogen) atoms. The van der Waals surface area contributed by atoms with Crippen molar-refractivity contribution in [2.75, 3.05) is 29.8 Å². The van der Waals surface area contributed by atoms with E-state index in [4.69, 9.17) is 9.47 Å². The van der Waals surface area contributed by atoms with Crippen LogP contribution < -0.4 is 14.5 Å². The van der Waals surface area contributed by atoms with Crippen LogP contribution in [0.15, 0.2) is 102 Å². The van der Waals surface area contributed by atoms with Gasteiger partial charge in [-0.25, -0.2) is 0 Å². The third kappa shape index (κ3) is 4.69. The summed E-state index contributed by atoms with van der Waals surface area (Å²) in [6.07, 6.45) is -9.48. The predicted octanol–water partition coefficient (Wildman–Crippen LogP) is 7.73. The molecule has 3 aromatic rings. The lowest BCUT2D eigenvalue weighted by molar-refractivity contribution is -0.315. The number of hydrogen-bond acceptors (Lipinski definition) is 4. The zero-order valence-electron chi connectivity index (χ0n) is 21.8. The van der Waals surface area contributed by atoms with Crippen molar-refractivity contribution in [1.82, 2.24) is 0 Å². The van der Waals surface area contributed by atoms with Gasteiger partial charge in [-0.15, -0.1) is 0 Å². The molecule has 0 radical (unpaired) electrons. The van der Waals surface area contributed by atoms with E-state index < -0.39 is 35.7 Å². The van der Waals surface area contributed by atoms with Gasteiger partial charge in [-0.2, -0.15) is 26.3 Å². The molecule has 3 aliphatic rings. The summed E-state index contributed by atoms with van der Waals surface area (Å²) in [5.74, 6) is -1.35. The van der Waals surface area contributed by atoms with Crippen LogP contribution >= 0.6 is 0 Å². The summed E-state index contributed by atoms with van der Waals surface area (Å²) < 4.78 is 102. The van der Waals surface area contributed by atoms with Crippen LogP contribution in [0.1, 0.15) is 17.5 Å². The first-order valence-corrected chi connectivity index (χ1v) is 13.1. The number of allylic oxidation sites excluding steroid dienone is 2. The van der Waals surface area contributed by atoms with Gasteiger partial charge < -0.3 is 19.3 Å².